The van der Waals surface area contributed by atoms with E-state index >= 15 is 4.39 Å². The number of fused-ring (bicyclic) bond motifs is 5. The topological polar surface area (TPSA) is 259 Å². The molecule has 4 aromatic rings. The van der Waals surface area contributed by atoms with Crippen molar-refractivity contribution in [2.75, 3.05) is 24.7 Å². The van der Waals surface area contributed by atoms with Crippen LogP contribution in [-0.4, -0.2) is 98.9 Å². The minimum absolute atomic E-state index is 0.0688. The summed E-state index contributed by atoms with van der Waals surface area (Å²) < 4.78 is 64.9. The molecule has 0 amide bonds. The largest absolute Gasteiger partial charge is 0.472 e. The molecule has 0 saturated carbocycles. The van der Waals surface area contributed by atoms with Crippen LogP contribution in [0, 0.1) is 0 Å². The summed E-state index contributed by atoms with van der Waals surface area (Å²) in [6, 6.07) is 1.51. The number of phosphoric acid groups is 1. The molecule has 4 aromatic heterocycles. The van der Waals surface area contributed by atoms with Gasteiger partial charge in [0, 0.05) is 6.20 Å². The Morgan fingerprint density at radius 2 is 1.59 bits per heavy atom. The van der Waals surface area contributed by atoms with Gasteiger partial charge in [0.2, 0.25) is 0 Å². The van der Waals surface area contributed by atoms with Crippen molar-refractivity contribution in [2.45, 2.75) is 49.1 Å². The molecule has 7 rings (SSSR count). The number of nitrogens with two attached hydrogens (primary N) is 2. The van der Waals surface area contributed by atoms with Crippen LogP contribution in [0.2, 0.25) is 0 Å². The maximum absolute atomic E-state index is 15.9. The second-order valence-corrected chi connectivity index (χ2v) is 14.2. The van der Waals surface area contributed by atoms with Crippen LogP contribution < -0.4 is 11.5 Å². The van der Waals surface area contributed by atoms with Crippen molar-refractivity contribution in [1.29, 1.82) is 0 Å². The fraction of sp³-hybridized carbons (Fsp3) is 0.476. The third-order valence-electron chi connectivity index (χ3n) is 7.32. The summed E-state index contributed by atoms with van der Waals surface area (Å²) in [6.45, 7) is -5.63. The highest BCUT2D eigenvalue weighted by Gasteiger charge is 2.54. The van der Waals surface area contributed by atoms with Gasteiger partial charge in [-0.1, -0.05) is 0 Å². The number of aromatic nitrogens is 7. The number of phosphoric ester groups is 1. The first-order chi connectivity index (χ1) is 20.9. The molecule has 0 spiro atoms. The van der Waals surface area contributed by atoms with Crippen LogP contribution in [-0.2, 0) is 43.9 Å². The summed E-state index contributed by atoms with van der Waals surface area (Å²) in [5.41, 5.74) is 13.0. The van der Waals surface area contributed by atoms with E-state index in [0.29, 0.717) is 0 Å². The number of aliphatic hydroxyl groups excluding tert-OH is 1. The van der Waals surface area contributed by atoms with Gasteiger partial charge in [0.05, 0.1) is 31.6 Å². The van der Waals surface area contributed by atoms with Gasteiger partial charge in [-0.25, -0.2) is 33.9 Å². The summed E-state index contributed by atoms with van der Waals surface area (Å²) in [7, 11) is -5.04. The van der Waals surface area contributed by atoms with Crippen molar-refractivity contribution >= 4 is 60.2 Å². The molecule has 3 aliphatic heterocycles. The Balaban J connectivity index is 1.20. The van der Waals surface area contributed by atoms with Crippen molar-refractivity contribution in [1.82, 2.24) is 34.1 Å². The highest BCUT2D eigenvalue weighted by Crippen LogP contribution is 2.54. The van der Waals surface area contributed by atoms with Crippen molar-refractivity contribution in [2.24, 2.45) is 0 Å². The molecule has 44 heavy (non-hydrogen) atoms. The van der Waals surface area contributed by atoms with E-state index in [2.05, 4.69) is 24.9 Å². The molecule has 7 N–H and O–H groups in total. The fourth-order valence-corrected chi connectivity index (χ4v) is 7.64. The Kier molecular flexibility index (Phi) is 7.43. The first-order valence-corrected chi connectivity index (χ1v) is 17.0. The lowest BCUT2D eigenvalue weighted by atomic mass is 10.1. The predicted molar refractivity (Wildman–Crippen MR) is 148 cm³/mol. The second-order valence-electron chi connectivity index (χ2n) is 10.0. The number of ether oxygens (including phenoxy) is 2. The van der Waals surface area contributed by atoms with E-state index in [9.17, 15) is 19.5 Å². The van der Waals surface area contributed by atoms with E-state index < -0.39 is 76.9 Å². The highest BCUT2D eigenvalue weighted by atomic mass is 32.5. The van der Waals surface area contributed by atoms with Gasteiger partial charge in [0.25, 0.3) is 0 Å². The van der Waals surface area contributed by atoms with E-state index in [1.807, 2.05) is 0 Å². The Bertz CT molecular complexity index is 1830. The van der Waals surface area contributed by atoms with E-state index in [-0.39, 0.29) is 33.8 Å². The molecular formula is C21H24FN9O10P2S. The Morgan fingerprint density at radius 1 is 0.909 bits per heavy atom. The van der Waals surface area contributed by atoms with Gasteiger partial charge in [-0.05, 0) is 17.9 Å². The number of alkyl halides is 1. The number of pyridine rings is 1. The quantitative estimate of drug-likeness (QED) is 0.176. The summed E-state index contributed by atoms with van der Waals surface area (Å²) in [4.78, 5) is 42.1. The third-order valence-corrected chi connectivity index (χ3v) is 9.87. The molecule has 3 aliphatic rings. The van der Waals surface area contributed by atoms with Crippen molar-refractivity contribution in [3.8, 4) is 0 Å². The lowest BCUT2D eigenvalue weighted by Gasteiger charge is -2.27. The second kappa shape index (κ2) is 10.9. The first kappa shape index (κ1) is 29.9. The Hall–Kier alpha value is -2.78. The summed E-state index contributed by atoms with van der Waals surface area (Å²) in [5, 5.41) is 11.1. The van der Waals surface area contributed by atoms with Gasteiger partial charge in [-0.2, -0.15) is 0 Å². The van der Waals surface area contributed by atoms with Gasteiger partial charge < -0.3 is 40.4 Å². The predicted octanol–water partition coefficient (Wildman–Crippen LogP) is 0.0638. The van der Waals surface area contributed by atoms with Crippen LogP contribution in [0.5, 0.6) is 0 Å². The van der Waals surface area contributed by atoms with Gasteiger partial charge >= 0.3 is 14.5 Å². The molecule has 4 unspecified atom stereocenters. The zero-order valence-corrected chi connectivity index (χ0v) is 24.7. The zero-order valence-electron chi connectivity index (χ0n) is 22.1. The summed E-state index contributed by atoms with van der Waals surface area (Å²) >= 11 is 5.21. The minimum Gasteiger partial charge on any atom is -0.397 e. The average molecular weight is 675 g/mol. The normalized spacial score (nSPS) is 38.3. The van der Waals surface area contributed by atoms with E-state index in [1.165, 1.54) is 40.4 Å². The number of nitrogen functional groups attached to an aromatic ring is 2. The third kappa shape index (κ3) is 5.17. The molecular weight excluding hydrogens is 651 g/mol. The maximum atomic E-state index is 15.9. The molecule has 10 atom stereocenters. The van der Waals surface area contributed by atoms with E-state index in [4.69, 9.17) is 50.8 Å². The van der Waals surface area contributed by atoms with E-state index in [0.717, 1.165) is 0 Å². The van der Waals surface area contributed by atoms with Crippen molar-refractivity contribution < 1.29 is 51.4 Å². The molecule has 0 radical (unpaired) electrons. The van der Waals surface area contributed by atoms with Crippen LogP contribution >= 0.6 is 14.5 Å². The summed E-state index contributed by atoms with van der Waals surface area (Å²) in [6.07, 6.45) is -7.21. The number of rotatable bonds is 2. The maximum Gasteiger partial charge on any atom is 0.472 e. The highest BCUT2D eigenvalue weighted by molar-refractivity contribution is 8.07. The Morgan fingerprint density at radius 3 is 2.39 bits per heavy atom. The van der Waals surface area contributed by atoms with Gasteiger partial charge in [-0.3, -0.25) is 22.7 Å². The number of hydrogen-bond acceptors (Lipinski definition) is 16. The zero-order chi connectivity index (χ0) is 31.0. The van der Waals surface area contributed by atoms with Crippen LogP contribution in [0.4, 0.5) is 15.9 Å². The molecule has 3 saturated heterocycles. The number of aliphatic hydroxyl groups is 1. The van der Waals surface area contributed by atoms with Crippen LogP contribution in [0.25, 0.3) is 22.3 Å². The monoisotopic (exact) mass is 675 g/mol. The lowest BCUT2D eigenvalue weighted by molar-refractivity contribution is -0.0635. The van der Waals surface area contributed by atoms with Crippen molar-refractivity contribution in [3.05, 3.63) is 31.2 Å². The number of anilines is 2. The first-order valence-electron chi connectivity index (χ1n) is 12.9. The number of hydrogen-bond donors (Lipinski definition) is 5. The SMILES string of the molecule is Nc1ncnc2c1ncn2[C@@H]1O[C@@H]2COP(=O)(O)OC3[C@@H](COP(O)(=S)OC1[C@H]2O)O[C@@H](n1cnc2c(N)ccnc21)[C@H]3F. The van der Waals surface area contributed by atoms with Crippen LogP contribution in [0.15, 0.2) is 31.2 Å². The molecule has 23 heteroatoms. The fourth-order valence-electron chi connectivity index (χ4n) is 5.27. The van der Waals surface area contributed by atoms with Gasteiger partial charge in [-0.15, -0.1) is 0 Å². The number of halogens is 1. The number of nitrogens with zero attached hydrogens (tertiary/aromatic N) is 7. The van der Waals surface area contributed by atoms with Gasteiger partial charge in [0.15, 0.2) is 35.7 Å². The summed E-state index contributed by atoms with van der Waals surface area (Å²) in [5.74, 6) is 0.0688. The molecule has 2 bridgehead atoms. The Labute approximate surface area is 250 Å². The molecule has 0 aliphatic carbocycles. The molecule has 236 valence electrons. The number of imidazole rings is 2. The molecule has 3 fully saturated rings. The van der Waals surface area contributed by atoms with Gasteiger partial charge in [0.1, 0.15) is 47.9 Å². The average Bonchev–Trinajstić information content (AvgIpc) is 3.73. The van der Waals surface area contributed by atoms with Crippen molar-refractivity contribution in [3.63, 3.8) is 0 Å². The molecule has 7 heterocycles. The lowest BCUT2D eigenvalue weighted by Crippen LogP contribution is -2.35. The van der Waals surface area contributed by atoms with Crippen LogP contribution in [0.3, 0.4) is 0 Å². The molecule has 0 aromatic carbocycles. The minimum atomic E-state index is -5.04. The van der Waals surface area contributed by atoms with Crippen LogP contribution in [0.1, 0.15) is 12.5 Å². The smallest absolute Gasteiger partial charge is 0.397 e. The molecule has 19 nitrogen and oxygen atoms in total. The standard InChI is InChI=1S/C21H24FN9O10P2S/c22-11-15-10(39-20(11)30-6-28-12-8(23)1-2-25-18(12)30)4-37-43(35,44)41-16-14(32)9(3-36-42(33,34)40-15)38-21(16)31-7-29-13-17(24)26-5-27-19(13)31/h1-2,5-7,9-11,14-16,20-21,32H,3-4H2,(H2,23,25)(H,33,34)(H,35,44)(H2,24,26,27)/t9-,10-,11+,14+,15?,16?,20-,21-,43?/m1/s1. The van der Waals surface area contributed by atoms with E-state index in [1.54, 1.807) is 0 Å².